The van der Waals surface area contributed by atoms with E-state index < -0.39 is 0 Å². The minimum absolute atomic E-state index is 0. The van der Waals surface area contributed by atoms with E-state index in [1.54, 1.807) is 12.4 Å². The summed E-state index contributed by atoms with van der Waals surface area (Å²) in [5, 5.41) is 0. The van der Waals surface area contributed by atoms with Crippen molar-refractivity contribution in [1.82, 2.24) is 19.4 Å². The van der Waals surface area contributed by atoms with Crippen molar-refractivity contribution < 1.29 is 4.79 Å². The standard InChI is InChI=1S/C18H25N5O.2ClH/c19-17-5-4-16(11-17)18(24)23(13-15-3-1-6-20-12-15)9-2-8-22-10-7-21-14-22;;/h1,3,6-7,10,12,14,16-17H,2,4-5,8-9,11,13,19H2;2*1H/t16-,17+;;/m0../s1. The lowest BCUT2D eigenvalue weighted by atomic mass is 10.1. The van der Waals surface area contributed by atoms with Crippen molar-refractivity contribution in [1.29, 1.82) is 0 Å². The van der Waals surface area contributed by atoms with Gasteiger partial charge in [0.15, 0.2) is 0 Å². The zero-order valence-corrected chi connectivity index (χ0v) is 16.4. The van der Waals surface area contributed by atoms with Crippen molar-refractivity contribution in [3.8, 4) is 0 Å². The molecule has 0 saturated heterocycles. The van der Waals surface area contributed by atoms with Crippen molar-refractivity contribution in [2.45, 2.75) is 44.8 Å². The molecule has 2 aromatic rings. The molecule has 2 aromatic heterocycles. The summed E-state index contributed by atoms with van der Waals surface area (Å²) in [5.41, 5.74) is 7.05. The van der Waals surface area contributed by atoms with E-state index in [0.29, 0.717) is 6.54 Å². The van der Waals surface area contributed by atoms with Gasteiger partial charge in [-0.25, -0.2) is 4.98 Å². The molecule has 0 aromatic carbocycles. The van der Waals surface area contributed by atoms with Gasteiger partial charge in [-0.05, 0) is 37.3 Å². The van der Waals surface area contributed by atoms with E-state index in [1.807, 2.05) is 40.3 Å². The predicted molar refractivity (Wildman–Crippen MR) is 106 cm³/mol. The van der Waals surface area contributed by atoms with Gasteiger partial charge in [0, 0.05) is 56.4 Å². The molecule has 6 nitrogen and oxygen atoms in total. The molecule has 1 fully saturated rings. The van der Waals surface area contributed by atoms with E-state index in [1.165, 1.54) is 0 Å². The van der Waals surface area contributed by atoms with Crippen LogP contribution in [0.2, 0.25) is 0 Å². The molecule has 2 N–H and O–H groups in total. The van der Waals surface area contributed by atoms with Gasteiger partial charge in [-0.15, -0.1) is 24.8 Å². The molecule has 1 aliphatic carbocycles. The van der Waals surface area contributed by atoms with E-state index in [4.69, 9.17) is 5.73 Å². The highest BCUT2D eigenvalue weighted by molar-refractivity contribution is 5.85. The third-order valence-electron chi connectivity index (χ3n) is 4.63. The molecule has 1 aliphatic rings. The number of nitrogens with two attached hydrogens (primary N) is 1. The van der Waals surface area contributed by atoms with Crippen molar-refractivity contribution in [2.24, 2.45) is 11.7 Å². The molecular weight excluding hydrogens is 373 g/mol. The second-order valence-electron chi connectivity index (χ2n) is 6.55. The fourth-order valence-electron chi connectivity index (χ4n) is 3.34. The van der Waals surface area contributed by atoms with Gasteiger partial charge in [-0.1, -0.05) is 6.07 Å². The van der Waals surface area contributed by atoms with Crippen LogP contribution in [0.25, 0.3) is 0 Å². The minimum atomic E-state index is 0. The Hall–Kier alpha value is -1.63. The number of nitrogens with zero attached hydrogens (tertiary/aromatic N) is 4. The Kier molecular flexibility index (Phi) is 9.62. The lowest BCUT2D eigenvalue weighted by Gasteiger charge is -2.26. The number of amides is 1. The fourth-order valence-corrected chi connectivity index (χ4v) is 3.34. The summed E-state index contributed by atoms with van der Waals surface area (Å²) < 4.78 is 2.04. The van der Waals surface area contributed by atoms with Crippen LogP contribution in [0.1, 0.15) is 31.2 Å². The molecule has 8 heteroatoms. The quantitative estimate of drug-likeness (QED) is 0.775. The third kappa shape index (κ3) is 6.27. The molecule has 3 rings (SSSR count). The van der Waals surface area contributed by atoms with Crippen LogP contribution in [0.3, 0.4) is 0 Å². The van der Waals surface area contributed by atoms with E-state index in [-0.39, 0.29) is 42.7 Å². The molecule has 0 unspecified atom stereocenters. The molecule has 0 bridgehead atoms. The highest BCUT2D eigenvalue weighted by atomic mass is 35.5. The van der Waals surface area contributed by atoms with Crippen LogP contribution in [-0.4, -0.2) is 37.9 Å². The number of hydrogen-bond donors (Lipinski definition) is 1. The molecule has 0 spiro atoms. The molecule has 2 atom stereocenters. The summed E-state index contributed by atoms with van der Waals surface area (Å²) in [5.74, 6) is 0.308. The van der Waals surface area contributed by atoms with Crippen LogP contribution in [0.4, 0.5) is 0 Å². The molecule has 1 amide bonds. The number of pyridine rings is 1. The average molecular weight is 400 g/mol. The second-order valence-corrected chi connectivity index (χ2v) is 6.55. The molecule has 2 heterocycles. The maximum absolute atomic E-state index is 12.9. The first-order valence-corrected chi connectivity index (χ1v) is 8.61. The summed E-state index contributed by atoms with van der Waals surface area (Å²) in [6.07, 6.45) is 12.7. The summed E-state index contributed by atoms with van der Waals surface area (Å²) in [4.78, 5) is 23.1. The minimum Gasteiger partial charge on any atom is -0.338 e. The summed E-state index contributed by atoms with van der Waals surface area (Å²) in [7, 11) is 0. The van der Waals surface area contributed by atoms with Gasteiger partial charge < -0.3 is 15.2 Å². The van der Waals surface area contributed by atoms with Crippen LogP contribution in [0.15, 0.2) is 43.2 Å². The molecule has 0 radical (unpaired) electrons. The third-order valence-corrected chi connectivity index (χ3v) is 4.63. The number of carbonyl (C=O) groups is 1. The maximum Gasteiger partial charge on any atom is 0.226 e. The number of halogens is 2. The topological polar surface area (TPSA) is 77.0 Å². The van der Waals surface area contributed by atoms with Crippen LogP contribution >= 0.6 is 24.8 Å². The normalized spacial score (nSPS) is 18.7. The maximum atomic E-state index is 12.9. The van der Waals surface area contributed by atoms with Gasteiger partial charge in [0.25, 0.3) is 0 Å². The Morgan fingerprint density at radius 2 is 2.12 bits per heavy atom. The zero-order chi connectivity index (χ0) is 16.8. The van der Waals surface area contributed by atoms with Crippen LogP contribution in [0.5, 0.6) is 0 Å². The van der Waals surface area contributed by atoms with Gasteiger partial charge >= 0.3 is 0 Å². The number of imidazole rings is 1. The second kappa shape index (κ2) is 11.2. The highest BCUT2D eigenvalue weighted by Gasteiger charge is 2.30. The number of carbonyl (C=O) groups excluding carboxylic acids is 1. The first-order valence-electron chi connectivity index (χ1n) is 8.61. The summed E-state index contributed by atoms with van der Waals surface area (Å²) in [6, 6.07) is 4.10. The SMILES string of the molecule is Cl.Cl.N[C@@H]1CC[C@H](C(=O)N(CCCn2ccnc2)Cc2cccnc2)C1. The first-order chi connectivity index (χ1) is 11.7. The van der Waals surface area contributed by atoms with E-state index >= 15 is 0 Å². The zero-order valence-electron chi connectivity index (χ0n) is 14.7. The lowest BCUT2D eigenvalue weighted by molar-refractivity contribution is -0.136. The van der Waals surface area contributed by atoms with Crippen LogP contribution in [0, 0.1) is 5.92 Å². The summed E-state index contributed by atoms with van der Waals surface area (Å²) >= 11 is 0. The van der Waals surface area contributed by atoms with Gasteiger partial charge in [0.05, 0.1) is 6.33 Å². The molecule has 0 aliphatic heterocycles. The molecule has 26 heavy (non-hydrogen) atoms. The first kappa shape index (κ1) is 22.4. The van der Waals surface area contributed by atoms with Crippen LogP contribution in [-0.2, 0) is 17.9 Å². The van der Waals surface area contributed by atoms with Crippen LogP contribution < -0.4 is 5.73 Å². The number of rotatable bonds is 7. The Morgan fingerprint density at radius 1 is 1.27 bits per heavy atom. The number of hydrogen-bond acceptors (Lipinski definition) is 4. The number of aromatic nitrogens is 3. The number of aryl methyl sites for hydroxylation is 1. The molecular formula is C18H27Cl2N5O. The van der Waals surface area contributed by atoms with Gasteiger partial charge in [-0.2, -0.15) is 0 Å². The van der Waals surface area contributed by atoms with Gasteiger partial charge in [0.1, 0.15) is 0 Å². The summed E-state index contributed by atoms with van der Waals surface area (Å²) in [6.45, 7) is 2.21. The van der Waals surface area contributed by atoms with E-state index in [2.05, 4.69) is 9.97 Å². The fraction of sp³-hybridized carbons (Fsp3) is 0.500. The van der Waals surface area contributed by atoms with E-state index in [0.717, 1.165) is 44.3 Å². The Balaban J connectivity index is 0.00000169. The highest BCUT2D eigenvalue weighted by Crippen LogP contribution is 2.26. The van der Waals surface area contributed by atoms with Gasteiger partial charge in [0.2, 0.25) is 5.91 Å². The smallest absolute Gasteiger partial charge is 0.226 e. The van der Waals surface area contributed by atoms with Crippen molar-refractivity contribution in [3.63, 3.8) is 0 Å². The molecule has 1 saturated carbocycles. The Labute approximate surface area is 167 Å². The Bertz CT molecular complexity index is 638. The predicted octanol–water partition coefficient (Wildman–Crippen LogP) is 2.67. The lowest BCUT2D eigenvalue weighted by Crippen LogP contribution is -2.36. The average Bonchev–Trinajstić information content (AvgIpc) is 3.26. The van der Waals surface area contributed by atoms with Crippen molar-refractivity contribution in [2.75, 3.05) is 6.54 Å². The van der Waals surface area contributed by atoms with Crippen molar-refractivity contribution >= 4 is 30.7 Å². The Morgan fingerprint density at radius 3 is 2.73 bits per heavy atom. The molecule has 144 valence electrons. The van der Waals surface area contributed by atoms with E-state index in [9.17, 15) is 4.79 Å². The van der Waals surface area contributed by atoms with Gasteiger partial charge in [-0.3, -0.25) is 9.78 Å². The largest absolute Gasteiger partial charge is 0.338 e. The monoisotopic (exact) mass is 399 g/mol. The van der Waals surface area contributed by atoms with Crippen molar-refractivity contribution in [3.05, 3.63) is 48.8 Å².